The average molecular weight is 422 g/mol. The lowest BCUT2D eigenvalue weighted by molar-refractivity contribution is -0.135. The molecule has 0 aromatic heterocycles. The van der Waals surface area contributed by atoms with E-state index in [-0.39, 0.29) is 23.8 Å². The monoisotopic (exact) mass is 421 g/mol. The second-order valence-corrected chi connectivity index (χ2v) is 8.98. The van der Waals surface area contributed by atoms with Gasteiger partial charge in [0.05, 0.1) is 17.5 Å². The zero-order valence-corrected chi connectivity index (χ0v) is 17.1. The van der Waals surface area contributed by atoms with E-state index in [1.807, 2.05) is 31.2 Å². The van der Waals surface area contributed by atoms with Crippen molar-refractivity contribution >= 4 is 40.7 Å². The van der Waals surface area contributed by atoms with Crippen LogP contribution in [0.3, 0.4) is 0 Å². The van der Waals surface area contributed by atoms with E-state index >= 15 is 0 Å². The van der Waals surface area contributed by atoms with Crippen LogP contribution in [0.15, 0.2) is 42.5 Å². The number of anilines is 2. The first-order valence-electron chi connectivity index (χ1n) is 10.3. The van der Waals surface area contributed by atoms with Crippen LogP contribution in [0.25, 0.3) is 0 Å². The van der Waals surface area contributed by atoms with Crippen LogP contribution in [0, 0.1) is 18.8 Å². The number of halogens is 1. The van der Waals surface area contributed by atoms with Crippen molar-refractivity contribution in [3.63, 3.8) is 0 Å². The van der Waals surface area contributed by atoms with Crippen LogP contribution >= 0.6 is 11.6 Å². The normalized spacial score (nSPS) is 32.0. The number of nitrogens with one attached hydrogen (secondary N) is 1. The van der Waals surface area contributed by atoms with Crippen molar-refractivity contribution in [1.29, 1.82) is 0 Å². The maximum absolute atomic E-state index is 13.9. The van der Waals surface area contributed by atoms with E-state index in [1.54, 1.807) is 18.2 Å². The molecule has 3 amide bonds. The maximum Gasteiger partial charge on any atom is 0.250 e. The smallest absolute Gasteiger partial charge is 0.250 e. The third-order valence-corrected chi connectivity index (χ3v) is 7.79. The van der Waals surface area contributed by atoms with Gasteiger partial charge in [-0.15, -0.1) is 0 Å². The molecule has 2 aromatic rings. The zero-order valence-electron chi connectivity index (χ0n) is 16.4. The fourth-order valence-corrected chi connectivity index (χ4v) is 6.40. The number of carbonyl (C=O) groups excluding carboxylic acids is 3. The molecular weight excluding hydrogens is 402 g/mol. The summed E-state index contributed by atoms with van der Waals surface area (Å²) in [6.07, 6.45) is 1.71. The lowest BCUT2D eigenvalue weighted by Crippen LogP contribution is -2.54. The minimum atomic E-state index is -1.13. The van der Waals surface area contributed by atoms with E-state index in [9.17, 15) is 14.4 Å². The van der Waals surface area contributed by atoms with Gasteiger partial charge in [-0.3, -0.25) is 19.3 Å². The molecule has 4 aliphatic rings. The Bertz CT molecular complexity index is 1150. The number of rotatable bonds is 1. The van der Waals surface area contributed by atoms with Crippen LogP contribution in [0.5, 0.6) is 0 Å². The number of nitrogens with zero attached hydrogens (tertiary/aromatic N) is 2. The van der Waals surface area contributed by atoms with Crippen LogP contribution in [0.1, 0.15) is 24.0 Å². The zero-order chi connectivity index (χ0) is 20.8. The highest BCUT2D eigenvalue weighted by molar-refractivity contribution is 6.32. The standard InChI is InChI=1S/C23H20ClN3O3/c1-12-14(24)7-4-9-16(12)27-20(28)18-17-10-5-11-26(17)23(19(18)21(27)29)13-6-2-3-8-15(13)25-22(23)30/h2-4,6-9,17-19H,5,10-11H2,1H3,(H,25,30)/t17-,18+,19-,23+/m0/s1. The van der Waals surface area contributed by atoms with E-state index in [0.29, 0.717) is 22.8 Å². The molecule has 1 spiro atoms. The molecule has 4 heterocycles. The predicted molar refractivity (Wildman–Crippen MR) is 112 cm³/mol. The van der Waals surface area contributed by atoms with Crippen molar-refractivity contribution in [3.05, 3.63) is 58.6 Å². The van der Waals surface area contributed by atoms with Crippen molar-refractivity contribution < 1.29 is 14.4 Å². The Morgan fingerprint density at radius 3 is 2.70 bits per heavy atom. The minimum absolute atomic E-state index is 0.118. The highest BCUT2D eigenvalue weighted by Gasteiger charge is 2.74. The van der Waals surface area contributed by atoms with Crippen LogP contribution in [-0.4, -0.2) is 35.2 Å². The molecule has 0 radical (unpaired) electrons. The first-order valence-corrected chi connectivity index (χ1v) is 10.7. The highest BCUT2D eigenvalue weighted by Crippen LogP contribution is 2.60. The van der Waals surface area contributed by atoms with Gasteiger partial charge in [0.25, 0.3) is 0 Å². The summed E-state index contributed by atoms with van der Waals surface area (Å²) in [4.78, 5) is 44.4. The van der Waals surface area contributed by atoms with Gasteiger partial charge in [0, 0.05) is 22.3 Å². The molecule has 30 heavy (non-hydrogen) atoms. The molecule has 0 saturated carbocycles. The van der Waals surface area contributed by atoms with Crippen molar-refractivity contribution in [2.24, 2.45) is 11.8 Å². The molecule has 6 nitrogen and oxygen atoms in total. The molecule has 0 bridgehead atoms. The number of amides is 3. The summed E-state index contributed by atoms with van der Waals surface area (Å²) < 4.78 is 0. The molecule has 3 fully saturated rings. The summed E-state index contributed by atoms with van der Waals surface area (Å²) >= 11 is 6.29. The first-order chi connectivity index (χ1) is 14.5. The van der Waals surface area contributed by atoms with E-state index in [4.69, 9.17) is 11.6 Å². The fourth-order valence-electron chi connectivity index (χ4n) is 6.23. The van der Waals surface area contributed by atoms with Crippen LogP contribution < -0.4 is 10.2 Å². The molecule has 0 aliphatic carbocycles. The largest absolute Gasteiger partial charge is 0.324 e. The minimum Gasteiger partial charge on any atom is -0.324 e. The summed E-state index contributed by atoms with van der Waals surface area (Å²) in [5.41, 5.74) is 1.61. The first kappa shape index (κ1) is 18.1. The van der Waals surface area contributed by atoms with E-state index < -0.39 is 17.4 Å². The van der Waals surface area contributed by atoms with E-state index in [0.717, 1.165) is 24.1 Å². The van der Waals surface area contributed by atoms with Crippen molar-refractivity contribution in [2.75, 3.05) is 16.8 Å². The second kappa shape index (κ2) is 5.93. The molecule has 2 aromatic carbocycles. The Labute approximate surface area is 178 Å². The lowest BCUT2D eigenvalue weighted by Gasteiger charge is -2.36. The molecular formula is C23H20ClN3O3. The van der Waals surface area contributed by atoms with Gasteiger partial charge in [-0.05, 0) is 50.1 Å². The van der Waals surface area contributed by atoms with Crippen LogP contribution in [-0.2, 0) is 19.9 Å². The molecule has 4 atom stereocenters. The molecule has 4 aliphatic heterocycles. The van der Waals surface area contributed by atoms with Gasteiger partial charge in [-0.1, -0.05) is 35.9 Å². The Morgan fingerprint density at radius 2 is 1.87 bits per heavy atom. The Kier molecular flexibility index (Phi) is 3.58. The number of imide groups is 1. The van der Waals surface area contributed by atoms with Crippen LogP contribution in [0.2, 0.25) is 5.02 Å². The Morgan fingerprint density at radius 1 is 1.07 bits per heavy atom. The summed E-state index contributed by atoms with van der Waals surface area (Å²) in [7, 11) is 0. The number of fused-ring (bicyclic) bond motifs is 7. The number of benzene rings is 2. The van der Waals surface area contributed by atoms with E-state index in [2.05, 4.69) is 10.2 Å². The molecule has 1 N–H and O–H groups in total. The van der Waals surface area contributed by atoms with Gasteiger partial charge >= 0.3 is 0 Å². The third kappa shape index (κ3) is 1.92. The molecule has 152 valence electrons. The molecule has 7 heteroatoms. The van der Waals surface area contributed by atoms with Gasteiger partial charge in [0.1, 0.15) is 5.54 Å². The topological polar surface area (TPSA) is 69.7 Å². The molecule has 3 saturated heterocycles. The maximum atomic E-state index is 13.9. The van der Waals surface area contributed by atoms with Crippen molar-refractivity contribution in [3.8, 4) is 0 Å². The van der Waals surface area contributed by atoms with Gasteiger partial charge in [-0.25, -0.2) is 4.90 Å². The number of hydrogen-bond acceptors (Lipinski definition) is 4. The third-order valence-electron chi connectivity index (χ3n) is 7.38. The summed E-state index contributed by atoms with van der Waals surface area (Å²) in [6.45, 7) is 2.51. The Hall–Kier alpha value is -2.70. The van der Waals surface area contributed by atoms with E-state index in [1.165, 1.54) is 4.90 Å². The second-order valence-electron chi connectivity index (χ2n) is 8.57. The van der Waals surface area contributed by atoms with Gasteiger partial charge in [-0.2, -0.15) is 0 Å². The van der Waals surface area contributed by atoms with Gasteiger partial charge in [0.15, 0.2) is 0 Å². The summed E-state index contributed by atoms with van der Waals surface area (Å²) in [5.74, 6) is -2.00. The highest BCUT2D eigenvalue weighted by atomic mass is 35.5. The lowest BCUT2D eigenvalue weighted by atomic mass is 9.75. The van der Waals surface area contributed by atoms with Gasteiger partial charge < -0.3 is 5.32 Å². The molecule has 0 unspecified atom stereocenters. The average Bonchev–Trinajstić information content (AvgIpc) is 3.43. The number of carbonyl (C=O) groups is 3. The van der Waals surface area contributed by atoms with Crippen molar-refractivity contribution in [2.45, 2.75) is 31.3 Å². The summed E-state index contributed by atoms with van der Waals surface area (Å²) in [6, 6.07) is 12.7. The quantitative estimate of drug-likeness (QED) is 0.718. The SMILES string of the molecule is Cc1c(Cl)cccc1N1C(=O)[C@H]2[C@@H](C1=O)[C@]1(C(=O)Nc3ccccc31)N1CCC[C@@H]21. The van der Waals surface area contributed by atoms with Crippen LogP contribution in [0.4, 0.5) is 11.4 Å². The van der Waals surface area contributed by atoms with Gasteiger partial charge in [0.2, 0.25) is 17.7 Å². The summed E-state index contributed by atoms with van der Waals surface area (Å²) in [5, 5.41) is 3.49. The predicted octanol–water partition coefficient (Wildman–Crippen LogP) is 3.08. The fraction of sp³-hybridized carbons (Fsp3) is 0.348. The molecule has 6 rings (SSSR count). The number of hydrogen-bond donors (Lipinski definition) is 1. The van der Waals surface area contributed by atoms with Crippen molar-refractivity contribution in [1.82, 2.24) is 4.90 Å². The number of para-hydroxylation sites is 1. The Balaban J connectivity index is 1.57.